The topological polar surface area (TPSA) is 12.0 Å². The van der Waals surface area contributed by atoms with Gasteiger partial charge in [0.05, 0.1) is 0 Å². The van der Waals surface area contributed by atoms with E-state index >= 15 is 0 Å². The summed E-state index contributed by atoms with van der Waals surface area (Å²) in [5.41, 5.74) is 1.56. The second kappa shape index (κ2) is 5.23. The van der Waals surface area contributed by atoms with Gasteiger partial charge in [0.15, 0.2) is 0 Å². The summed E-state index contributed by atoms with van der Waals surface area (Å²) in [4.78, 5) is 0. The van der Waals surface area contributed by atoms with Gasteiger partial charge in [0.1, 0.15) is 0 Å². The van der Waals surface area contributed by atoms with E-state index in [1.807, 2.05) is 0 Å². The first kappa shape index (κ1) is 11.5. The van der Waals surface area contributed by atoms with Crippen LogP contribution in [0.3, 0.4) is 0 Å². The van der Waals surface area contributed by atoms with Crippen molar-refractivity contribution in [1.82, 2.24) is 5.32 Å². The van der Waals surface area contributed by atoms with Crippen molar-refractivity contribution < 1.29 is 0 Å². The van der Waals surface area contributed by atoms with Gasteiger partial charge in [-0.1, -0.05) is 40.7 Å². The van der Waals surface area contributed by atoms with E-state index in [4.69, 9.17) is 0 Å². The molecule has 0 spiro atoms. The Kier molecular flexibility index (Phi) is 5.03. The molecule has 0 radical (unpaired) electrons. The summed E-state index contributed by atoms with van der Waals surface area (Å²) in [7, 11) is 0. The Morgan fingerprint density at radius 1 is 1.33 bits per heavy atom. The first-order valence-electron chi connectivity index (χ1n) is 4.93. The summed E-state index contributed by atoms with van der Waals surface area (Å²) >= 11 is 0. The monoisotopic (exact) mass is 169 g/mol. The van der Waals surface area contributed by atoms with Crippen LogP contribution in [-0.4, -0.2) is 6.54 Å². The zero-order chi connectivity index (χ0) is 9.61. The van der Waals surface area contributed by atoms with Gasteiger partial charge in [0.2, 0.25) is 0 Å². The van der Waals surface area contributed by atoms with E-state index in [1.165, 1.54) is 12.8 Å². The SMILES string of the molecule is C=C(CC)NCC(C)(C)CCC. The van der Waals surface area contributed by atoms with Gasteiger partial charge in [0, 0.05) is 12.2 Å². The Hall–Kier alpha value is -0.460. The van der Waals surface area contributed by atoms with Gasteiger partial charge < -0.3 is 5.32 Å². The number of allylic oxidation sites excluding steroid dienone is 1. The summed E-state index contributed by atoms with van der Waals surface area (Å²) in [5, 5.41) is 3.36. The van der Waals surface area contributed by atoms with Crippen LogP contribution < -0.4 is 5.32 Å². The highest BCUT2D eigenvalue weighted by molar-refractivity contribution is 4.90. The molecule has 0 aromatic heterocycles. The van der Waals surface area contributed by atoms with Crippen molar-refractivity contribution in [2.75, 3.05) is 6.54 Å². The van der Waals surface area contributed by atoms with E-state index < -0.39 is 0 Å². The maximum absolute atomic E-state index is 3.93. The van der Waals surface area contributed by atoms with Gasteiger partial charge in [-0.25, -0.2) is 0 Å². The third-order valence-electron chi connectivity index (χ3n) is 2.17. The zero-order valence-electron chi connectivity index (χ0n) is 9.04. The summed E-state index contributed by atoms with van der Waals surface area (Å²) in [6, 6.07) is 0. The molecule has 0 bridgehead atoms. The molecule has 0 aliphatic heterocycles. The molecule has 0 atom stereocenters. The molecular formula is C11H23N. The average Bonchev–Trinajstić information content (AvgIpc) is 2.00. The minimum Gasteiger partial charge on any atom is -0.388 e. The third kappa shape index (κ3) is 5.22. The number of hydrogen-bond donors (Lipinski definition) is 1. The van der Waals surface area contributed by atoms with Crippen molar-refractivity contribution in [2.45, 2.75) is 47.0 Å². The largest absolute Gasteiger partial charge is 0.388 e. The maximum atomic E-state index is 3.93. The summed E-state index contributed by atoms with van der Waals surface area (Å²) < 4.78 is 0. The normalized spacial score (nSPS) is 11.3. The lowest BCUT2D eigenvalue weighted by Gasteiger charge is -2.25. The molecule has 0 unspecified atom stereocenters. The van der Waals surface area contributed by atoms with Crippen LogP contribution in [0.5, 0.6) is 0 Å². The average molecular weight is 169 g/mol. The minimum atomic E-state index is 0.410. The molecule has 0 saturated heterocycles. The zero-order valence-corrected chi connectivity index (χ0v) is 9.04. The van der Waals surface area contributed by atoms with E-state index in [2.05, 4.69) is 39.6 Å². The molecule has 12 heavy (non-hydrogen) atoms. The molecule has 0 aliphatic rings. The van der Waals surface area contributed by atoms with Crippen LogP contribution in [0.1, 0.15) is 47.0 Å². The third-order valence-corrected chi connectivity index (χ3v) is 2.17. The molecule has 0 rings (SSSR count). The highest BCUT2D eigenvalue weighted by atomic mass is 14.9. The molecule has 1 nitrogen and oxygen atoms in total. The van der Waals surface area contributed by atoms with Gasteiger partial charge in [0.25, 0.3) is 0 Å². The fraction of sp³-hybridized carbons (Fsp3) is 0.818. The predicted molar refractivity (Wildman–Crippen MR) is 56.1 cm³/mol. The van der Waals surface area contributed by atoms with Gasteiger partial charge in [-0.05, 0) is 18.3 Å². The van der Waals surface area contributed by atoms with E-state index in [-0.39, 0.29) is 0 Å². The van der Waals surface area contributed by atoms with Crippen molar-refractivity contribution in [1.29, 1.82) is 0 Å². The summed E-state index contributed by atoms with van der Waals surface area (Å²) in [6.45, 7) is 13.9. The molecule has 0 aromatic carbocycles. The lowest BCUT2D eigenvalue weighted by atomic mass is 9.88. The van der Waals surface area contributed by atoms with E-state index in [1.54, 1.807) is 0 Å². The molecule has 0 saturated carbocycles. The quantitative estimate of drug-likeness (QED) is 0.643. The second-order valence-electron chi connectivity index (χ2n) is 4.22. The predicted octanol–water partition coefficient (Wildman–Crippen LogP) is 3.33. The van der Waals surface area contributed by atoms with Crippen LogP contribution in [0.15, 0.2) is 12.3 Å². The summed E-state index contributed by atoms with van der Waals surface area (Å²) in [6.07, 6.45) is 3.56. The van der Waals surface area contributed by atoms with Gasteiger partial charge in [-0.3, -0.25) is 0 Å². The Morgan fingerprint density at radius 2 is 1.92 bits per heavy atom. The fourth-order valence-corrected chi connectivity index (χ4v) is 1.25. The van der Waals surface area contributed by atoms with Crippen molar-refractivity contribution in [3.8, 4) is 0 Å². The van der Waals surface area contributed by atoms with Crippen LogP contribution in [0.4, 0.5) is 0 Å². The Bertz CT molecular complexity index is 136. The van der Waals surface area contributed by atoms with Crippen molar-refractivity contribution in [3.63, 3.8) is 0 Å². The molecule has 0 fully saturated rings. The smallest absolute Gasteiger partial charge is 0.0195 e. The first-order valence-corrected chi connectivity index (χ1v) is 4.93. The molecule has 1 heteroatoms. The molecule has 0 aliphatic carbocycles. The lowest BCUT2D eigenvalue weighted by Crippen LogP contribution is -2.28. The molecule has 0 aromatic rings. The maximum Gasteiger partial charge on any atom is 0.0195 e. The molecule has 0 amide bonds. The second-order valence-corrected chi connectivity index (χ2v) is 4.22. The Morgan fingerprint density at radius 3 is 2.33 bits per heavy atom. The van der Waals surface area contributed by atoms with Crippen LogP contribution >= 0.6 is 0 Å². The van der Waals surface area contributed by atoms with E-state index in [0.29, 0.717) is 5.41 Å². The fourth-order valence-electron chi connectivity index (χ4n) is 1.25. The summed E-state index contributed by atoms with van der Waals surface area (Å²) in [5.74, 6) is 0. The lowest BCUT2D eigenvalue weighted by molar-refractivity contribution is 0.321. The van der Waals surface area contributed by atoms with Gasteiger partial charge >= 0.3 is 0 Å². The molecule has 0 heterocycles. The molecular weight excluding hydrogens is 146 g/mol. The van der Waals surface area contributed by atoms with Crippen LogP contribution in [-0.2, 0) is 0 Å². The Balaban J connectivity index is 3.67. The number of hydrogen-bond acceptors (Lipinski definition) is 1. The van der Waals surface area contributed by atoms with Crippen molar-refractivity contribution in [3.05, 3.63) is 12.3 Å². The van der Waals surface area contributed by atoms with Gasteiger partial charge in [-0.2, -0.15) is 0 Å². The standard InChI is InChI=1S/C11H23N/c1-6-8-11(4,5)9-12-10(3)7-2/h12H,3,6-9H2,1-2,4-5H3. The highest BCUT2D eigenvalue weighted by Crippen LogP contribution is 2.20. The van der Waals surface area contributed by atoms with E-state index in [0.717, 1.165) is 18.7 Å². The van der Waals surface area contributed by atoms with Crippen molar-refractivity contribution in [2.24, 2.45) is 5.41 Å². The minimum absolute atomic E-state index is 0.410. The molecule has 1 N–H and O–H groups in total. The number of nitrogens with one attached hydrogen (secondary N) is 1. The van der Waals surface area contributed by atoms with Crippen LogP contribution in [0.2, 0.25) is 0 Å². The van der Waals surface area contributed by atoms with Crippen molar-refractivity contribution >= 4 is 0 Å². The molecule has 72 valence electrons. The van der Waals surface area contributed by atoms with Crippen LogP contribution in [0, 0.1) is 5.41 Å². The van der Waals surface area contributed by atoms with E-state index in [9.17, 15) is 0 Å². The van der Waals surface area contributed by atoms with Gasteiger partial charge in [-0.15, -0.1) is 0 Å². The number of rotatable bonds is 6. The first-order chi connectivity index (χ1) is 5.52. The highest BCUT2D eigenvalue weighted by Gasteiger charge is 2.15. The van der Waals surface area contributed by atoms with Crippen LogP contribution in [0.25, 0.3) is 0 Å². The Labute approximate surface area is 77.2 Å².